The highest BCUT2D eigenvalue weighted by Crippen LogP contribution is 2.19. The number of nitrogen functional groups attached to an aromatic ring is 1. The number of benzene rings is 1. The first-order chi connectivity index (χ1) is 8.70. The van der Waals surface area contributed by atoms with Crippen LogP contribution in [0.5, 0.6) is 0 Å². The summed E-state index contributed by atoms with van der Waals surface area (Å²) in [6.07, 6.45) is 1.04. The minimum absolute atomic E-state index is 0.0531. The van der Waals surface area contributed by atoms with E-state index < -0.39 is 20.7 Å². The van der Waals surface area contributed by atoms with E-state index >= 15 is 0 Å². The fraction of sp³-hybridized carbons (Fsp3) is 0.300. The van der Waals surface area contributed by atoms with Crippen molar-refractivity contribution in [1.29, 1.82) is 0 Å². The second-order valence-electron chi connectivity index (χ2n) is 3.91. The molecule has 1 aromatic carbocycles. The lowest BCUT2D eigenvalue weighted by atomic mass is 10.1. The van der Waals surface area contributed by atoms with Crippen LogP contribution in [0.3, 0.4) is 0 Å². The molecule has 0 radical (unpaired) electrons. The third kappa shape index (κ3) is 4.54. The van der Waals surface area contributed by atoms with Gasteiger partial charge < -0.3 is 11.1 Å². The molecule has 0 aromatic heterocycles. The molecule has 0 spiro atoms. The van der Waals surface area contributed by atoms with Crippen LogP contribution in [0.25, 0.3) is 0 Å². The van der Waals surface area contributed by atoms with Crippen molar-refractivity contribution in [2.24, 2.45) is 0 Å². The second-order valence-corrected chi connectivity index (χ2v) is 6.17. The molecule has 0 aliphatic heterocycles. The van der Waals surface area contributed by atoms with Crippen LogP contribution in [0, 0.1) is 10.1 Å². The maximum Gasteiger partial charge on any atom is 0.270 e. The Hall–Kier alpha value is -2.16. The molecule has 0 unspecified atom stereocenters. The maximum atomic E-state index is 11.7. The molecule has 0 heterocycles. The normalized spacial score (nSPS) is 11.0. The van der Waals surface area contributed by atoms with Gasteiger partial charge in [0.05, 0.1) is 16.2 Å². The molecule has 0 saturated heterocycles. The molecular weight excluding hydrogens is 274 g/mol. The van der Waals surface area contributed by atoms with Crippen LogP contribution < -0.4 is 11.1 Å². The molecule has 19 heavy (non-hydrogen) atoms. The number of anilines is 1. The van der Waals surface area contributed by atoms with Crippen molar-refractivity contribution >= 4 is 27.1 Å². The van der Waals surface area contributed by atoms with E-state index in [-0.39, 0.29) is 29.2 Å². The number of rotatable bonds is 5. The zero-order valence-electron chi connectivity index (χ0n) is 10.1. The molecular formula is C10H13N3O5S. The van der Waals surface area contributed by atoms with Crippen molar-refractivity contribution < 1.29 is 18.1 Å². The highest BCUT2D eigenvalue weighted by atomic mass is 32.2. The van der Waals surface area contributed by atoms with Crippen LogP contribution in [0.2, 0.25) is 0 Å². The lowest BCUT2D eigenvalue weighted by Crippen LogP contribution is -2.29. The van der Waals surface area contributed by atoms with Crippen molar-refractivity contribution in [2.75, 3.05) is 24.3 Å². The van der Waals surface area contributed by atoms with E-state index in [0.717, 1.165) is 12.3 Å². The molecule has 1 aromatic rings. The lowest BCUT2D eigenvalue weighted by Gasteiger charge is -2.06. The third-order valence-electron chi connectivity index (χ3n) is 2.25. The summed E-state index contributed by atoms with van der Waals surface area (Å²) < 4.78 is 21.8. The van der Waals surface area contributed by atoms with Crippen molar-refractivity contribution in [3.8, 4) is 0 Å². The number of non-ortho nitro benzene ring substituents is 1. The molecule has 104 valence electrons. The van der Waals surface area contributed by atoms with Gasteiger partial charge in [0, 0.05) is 30.6 Å². The molecule has 0 aliphatic rings. The first-order valence-corrected chi connectivity index (χ1v) is 7.26. The summed E-state index contributed by atoms with van der Waals surface area (Å²) in [7, 11) is -3.19. The standard InChI is InChI=1S/C10H13N3O5S/c1-19(17,18)5-4-12-10(14)8-6-7(13(15)16)2-3-9(8)11/h2-3,6H,4-5,11H2,1H3,(H,12,14). The molecule has 0 atom stereocenters. The van der Waals surface area contributed by atoms with Gasteiger partial charge in [-0.25, -0.2) is 8.42 Å². The SMILES string of the molecule is CS(=O)(=O)CCNC(=O)c1cc([N+](=O)[O-])ccc1N. The number of carbonyl (C=O) groups excluding carboxylic acids is 1. The number of nitrogens with zero attached hydrogens (tertiary/aromatic N) is 1. The van der Waals surface area contributed by atoms with Crippen molar-refractivity contribution in [2.45, 2.75) is 0 Å². The van der Waals surface area contributed by atoms with Gasteiger partial charge in [-0.1, -0.05) is 0 Å². The molecule has 0 aliphatic carbocycles. The van der Waals surface area contributed by atoms with Gasteiger partial charge in [0.15, 0.2) is 0 Å². The zero-order valence-corrected chi connectivity index (χ0v) is 10.9. The van der Waals surface area contributed by atoms with E-state index in [1.807, 2.05) is 0 Å². The van der Waals surface area contributed by atoms with Crippen molar-refractivity contribution in [3.05, 3.63) is 33.9 Å². The highest BCUT2D eigenvalue weighted by molar-refractivity contribution is 7.90. The fourth-order valence-electron chi connectivity index (χ4n) is 1.30. The number of nitrogens with two attached hydrogens (primary N) is 1. The monoisotopic (exact) mass is 287 g/mol. The summed E-state index contributed by atoms with van der Waals surface area (Å²) in [6, 6.07) is 3.48. The minimum atomic E-state index is -3.19. The largest absolute Gasteiger partial charge is 0.398 e. The summed E-state index contributed by atoms with van der Waals surface area (Å²) in [5.41, 5.74) is 5.32. The molecule has 1 amide bonds. The average Bonchev–Trinajstić information content (AvgIpc) is 2.27. The van der Waals surface area contributed by atoms with Crippen molar-refractivity contribution in [1.82, 2.24) is 5.32 Å². The Kier molecular flexibility index (Phi) is 4.43. The molecule has 9 heteroatoms. The second kappa shape index (κ2) is 5.65. The Labute approximate surface area is 109 Å². The predicted octanol–water partition coefficient (Wildman–Crippen LogP) is -0.0486. The average molecular weight is 287 g/mol. The topological polar surface area (TPSA) is 132 Å². The minimum Gasteiger partial charge on any atom is -0.398 e. The van der Waals surface area contributed by atoms with Crippen LogP contribution >= 0.6 is 0 Å². The van der Waals surface area contributed by atoms with Gasteiger partial charge >= 0.3 is 0 Å². The van der Waals surface area contributed by atoms with E-state index in [1.165, 1.54) is 12.1 Å². The number of nitro benzene ring substituents is 1. The first kappa shape index (κ1) is 14.9. The number of sulfone groups is 1. The van der Waals surface area contributed by atoms with Crippen LogP contribution in [0.4, 0.5) is 11.4 Å². The summed E-state index contributed by atoms with van der Waals surface area (Å²) in [5, 5.41) is 12.9. The van der Waals surface area contributed by atoms with Crippen LogP contribution in [-0.4, -0.2) is 37.8 Å². The first-order valence-electron chi connectivity index (χ1n) is 5.20. The smallest absolute Gasteiger partial charge is 0.270 e. The molecule has 0 bridgehead atoms. The van der Waals surface area contributed by atoms with Gasteiger partial charge in [-0.15, -0.1) is 0 Å². The summed E-state index contributed by atoms with van der Waals surface area (Å²) in [5.74, 6) is -0.863. The number of nitrogens with one attached hydrogen (secondary N) is 1. The highest BCUT2D eigenvalue weighted by Gasteiger charge is 2.15. The van der Waals surface area contributed by atoms with Crippen LogP contribution in [0.15, 0.2) is 18.2 Å². The summed E-state index contributed by atoms with van der Waals surface area (Å²) >= 11 is 0. The quantitative estimate of drug-likeness (QED) is 0.443. The Morgan fingerprint density at radius 2 is 2.11 bits per heavy atom. The lowest BCUT2D eigenvalue weighted by molar-refractivity contribution is -0.384. The van der Waals surface area contributed by atoms with Gasteiger partial charge in [-0.2, -0.15) is 0 Å². The summed E-state index contributed by atoms with van der Waals surface area (Å²) in [4.78, 5) is 21.7. The Morgan fingerprint density at radius 3 is 2.63 bits per heavy atom. The number of nitro groups is 1. The van der Waals surface area contributed by atoms with E-state index in [1.54, 1.807) is 0 Å². The van der Waals surface area contributed by atoms with Gasteiger partial charge in [0.25, 0.3) is 11.6 Å². The molecule has 8 nitrogen and oxygen atoms in total. The van der Waals surface area contributed by atoms with Crippen LogP contribution in [-0.2, 0) is 9.84 Å². The number of carbonyl (C=O) groups is 1. The molecule has 0 fully saturated rings. The van der Waals surface area contributed by atoms with Gasteiger partial charge in [0.1, 0.15) is 9.84 Å². The van der Waals surface area contributed by atoms with Crippen LogP contribution in [0.1, 0.15) is 10.4 Å². The van der Waals surface area contributed by atoms with Crippen molar-refractivity contribution in [3.63, 3.8) is 0 Å². The Balaban J connectivity index is 2.82. The zero-order chi connectivity index (χ0) is 14.6. The molecule has 0 saturated carbocycles. The number of hydrogen-bond acceptors (Lipinski definition) is 6. The van der Waals surface area contributed by atoms with E-state index in [4.69, 9.17) is 5.73 Å². The number of amides is 1. The van der Waals surface area contributed by atoms with Gasteiger partial charge in [-0.05, 0) is 6.07 Å². The van der Waals surface area contributed by atoms with Gasteiger partial charge in [0.2, 0.25) is 0 Å². The van der Waals surface area contributed by atoms with Gasteiger partial charge in [-0.3, -0.25) is 14.9 Å². The fourth-order valence-corrected chi connectivity index (χ4v) is 1.77. The third-order valence-corrected chi connectivity index (χ3v) is 3.20. The van der Waals surface area contributed by atoms with E-state index in [0.29, 0.717) is 0 Å². The predicted molar refractivity (Wildman–Crippen MR) is 69.6 cm³/mol. The maximum absolute atomic E-state index is 11.7. The number of hydrogen-bond donors (Lipinski definition) is 2. The molecule has 3 N–H and O–H groups in total. The van der Waals surface area contributed by atoms with E-state index in [9.17, 15) is 23.3 Å². The summed E-state index contributed by atoms with van der Waals surface area (Å²) in [6.45, 7) is -0.0835. The van der Waals surface area contributed by atoms with E-state index in [2.05, 4.69) is 5.32 Å². The Bertz CT molecular complexity index is 612. The molecule has 1 rings (SSSR count). The Morgan fingerprint density at radius 1 is 1.47 bits per heavy atom.